The zero-order valence-electron chi connectivity index (χ0n) is 11.8. The van der Waals surface area contributed by atoms with Gasteiger partial charge in [-0.3, -0.25) is 4.79 Å². The third-order valence-electron chi connectivity index (χ3n) is 2.47. The van der Waals surface area contributed by atoms with Crippen LogP contribution in [0.4, 0.5) is 0 Å². The van der Waals surface area contributed by atoms with Gasteiger partial charge in [-0.05, 0) is 38.2 Å². The number of halogens is 2. The molecule has 7 heteroatoms. The number of likely N-dealkylation sites (N-methyl/N-ethyl adjacent to an activating group) is 2. The first kappa shape index (κ1) is 21.0. The minimum absolute atomic E-state index is 0. The summed E-state index contributed by atoms with van der Waals surface area (Å²) in [7, 11) is 7.76. The molecule has 0 spiro atoms. The Balaban J connectivity index is 0. The summed E-state index contributed by atoms with van der Waals surface area (Å²) in [5.41, 5.74) is 1.11. The third kappa shape index (κ3) is 6.58. The molecule has 19 heavy (non-hydrogen) atoms. The van der Waals surface area contributed by atoms with Crippen molar-refractivity contribution in [2.75, 3.05) is 41.3 Å². The number of hydrogen-bond acceptors (Lipinski definition) is 4. The highest BCUT2D eigenvalue weighted by Crippen LogP contribution is 2.19. The smallest absolute Gasteiger partial charge is 0.264 e. The van der Waals surface area contributed by atoms with Gasteiger partial charge in [0.1, 0.15) is 0 Å². The van der Waals surface area contributed by atoms with Crippen molar-refractivity contribution >= 4 is 42.1 Å². The number of hydrogen-bond donors (Lipinski definition) is 1. The maximum Gasteiger partial charge on any atom is 0.264 e. The van der Waals surface area contributed by atoms with Gasteiger partial charge < -0.3 is 15.1 Å². The van der Waals surface area contributed by atoms with E-state index in [1.54, 1.807) is 4.90 Å². The second-order valence-corrected chi connectivity index (χ2v) is 5.26. The molecule has 0 saturated carbocycles. The van der Waals surface area contributed by atoms with Crippen molar-refractivity contribution in [2.24, 2.45) is 0 Å². The normalized spacial score (nSPS) is 9.74. The van der Waals surface area contributed by atoms with E-state index in [1.165, 1.54) is 11.3 Å². The van der Waals surface area contributed by atoms with Gasteiger partial charge in [0.15, 0.2) is 0 Å². The second kappa shape index (κ2) is 10.5. The van der Waals surface area contributed by atoms with Crippen LogP contribution in [0.25, 0.3) is 0 Å². The zero-order chi connectivity index (χ0) is 12.8. The van der Waals surface area contributed by atoms with Crippen molar-refractivity contribution in [3.05, 3.63) is 21.9 Å². The molecular formula is C12H23Cl2N3OS. The SMILES string of the molecule is CNCCN(C)C(=O)c1sccc1CN(C)C.Cl.Cl. The standard InChI is InChI=1S/C12H21N3OS.2ClH/c1-13-6-7-15(4)12(16)11-10(5-8-17-11)9-14(2)3;;/h5,8,13H,6-7,9H2,1-4H3;2*1H. The Morgan fingerprint density at radius 3 is 2.47 bits per heavy atom. The Labute approximate surface area is 132 Å². The van der Waals surface area contributed by atoms with Crippen LogP contribution in [0.2, 0.25) is 0 Å². The van der Waals surface area contributed by atoms with Crippen LogP contribution in [0.3, 0.4) is 0 Å². The van der Waals surface area contributed by atoms with E-state index in [2.05, 4.69) is 10.2 Å². The predicted molar refractivity (Wildman–Crippen MR) is 87.1 cm³/mol. The molecule has 1 heterocycles. The van der Waals surface area contributed by atoms with Crippen LogP contribution in [0.15, 0.2) is 11.4 Å². The molecule has 0 fully saturated rings. The first-order valence-corrected chi connectivity index (χ1v) is 6.55. The number of amides is 1. The highest BCUT2D eigenvalue weighted by atomic mass is 35.5. The molecule has 0 aliphatic carbocycles. The molecule has 0 unspecified atom stereocenters. The quantitative estimate of drug-likeness (QED) is 0.867. The first-order chi connectivity index (χ1) is 8.06. The van der Waals surface area contributed by atoms with Gasteiger partial charge >= 0.3 is 0 Å². The molecule has 1 amide bonds. The number of thiophene rings is 1. The van der Waals surface area contributed by atoms with Crippen molar-refractivity contribution in [1.82, 2.24) is 15.1 Å². The Bertz CT molecular complexity index is 372. The minimum atomic E-state index is 0. The maximum absolute atomic E-state index is 12.2. The summed E-state index contributed by atoms with van der Waals surface area (Å²) < 4.78 is 0. The zero-order valence-corrected chi connectivity index (χ0v) is 14.3. The van der Waals surface area contributed by atoms with Crippen LogP contribution >= 0.6 is 36.2 Å². The van der Waals surface area contributed by atoms with Crippen molar-refractivity contribution in [3.8, 4) is 0 Å². The van der Waals surface area contributed by atoms with Gasteiger partial charge in [-0.15, -0.1) is 36.2 Å². The average Bonchev–Trinajstić information content (AvgIpc) is 2.71. The number of carbonyl (C=O) groups excluding carboxylic acids is 1. The van der Waals surface area contributed by atoms with Gasteiger partial charge in [0.05, 0.1) is 4.88 Å². The van der Waals surface area contributed by atoms with Crippen LogP contribution in [-0.4, -0.2) is 57.0 Å². The third-order valence-corrected chi connectivity index (χ3v) is 3.42. The van der Waals surface area contributed by atoms with Gasteiger partial charge in [-0.1, -0.05) is 0 Å². The molecule has 1 N–H and O–H groups in total. The lowest BCUT2D eigenvalue weighted by Gasteiger charge is -2.17. The molecule has 1 aromatic rings. The van der Waals surface area contributed by atoms with Crippen LogP contribution < -0.4 is 5.32 Å². The van der Waals surface area contributed by atoms with Crippen molar-refractivity contribution in [1.29, 1.82) is 0 Å². The molecular weight excluding hydrogens is 305 g/mol. The topological polar surface area (TPSA) is 35.6 Å². The highest BCUT2D eigenvalue weighted by Gasteiger charge is 2.17. The molecule has 4 nitrogen and oxygen atoms in total. The van der Waals surface area contributed by atoms with Crippen LogP contribution in [0.1, 0.15) is 15.2 Å². The van der Waals surface area contributed by atoms with E-state index >= 15 is 0 Å². The number of rotatable bonds is 6. The largest absolute Gasteiger partial charge is 0.340 e. The fraction of sp³-hybridized carbons (Fsp3) is 0.583. The Morgan fingerprint density at radius 2 is 1.95 bits per heavy atom. The number of nitrogens with zero attached hydrogens (tertiary/aromatic N) is 2. The number of nitrogens with one attached hydrogen (secondary N) is 1. The van der Waals surface area contributed by atoms with Gasteiger partial charge in [0.25, 0.3) is 5.91 Å². The lowest BCUT2D eigenvalue weighted by Crippen LogP contribution is -2.33. The predicted octanol–water partition coefficient (Wildman–Crippen LogP) is 1.94. The van der Waals surface area contributed by atoms with Crippen LogP contribution in [-0.2, 0) is 6.54 Å². The van der Waals surface area contributed by atoms with E-state index in [0.29, 0.717) is 0 Å². The molecule has 112 valence electrons. The molecule has 0 aliphatic rings. The van der Waals surface area contributed by atoms with Crippen molar-refractivity contribution in [3.63, 3.8) is 0 Å². The first-order valence-electron chi connectivity index (χ1n) is 5.67. The summed E-state index contributed by atoms with van der Waals surface area (Å²) in [6.45, 7) is 2.36. The molecule has 0 saturated heterocycles. The van der Waals surface area contributed by atoms with Gasteiger partial charge in [-0.2, -0.15) is 0 Å². The lowest BCUT2D eigenvalue weighted by atomic mass is 10.2. The Hall–Kier alpha value is -0.330. The summed E-state index contributed by atoms with van der Waals surface area (Å²) in [6.07, 6.45) is 0. The fourth-order valence-electron chi connectivity index (χ4n) is 1.54. The molecule has 0 aromatic carbocycles. The molecule has 1 aromatic heterocycles. The number of carbonyl (C=O) groups is 1. The molecule has 0 aliphatic heterocycles. The molecule has 0 bridgehead atoms. The van der Waals surface area contributed by atoms with E-state index in [1.807, 2.05) is 39.6 Å². The summed E-state index contributed by atoms with van der Waals surface area (Å²) in [5.74, 6) is 0.118. The van der Waals surface area contributed by atoms with Gasteiger partial charge in [-0.25, -0.2) is 0 Å². The second-order valence-electron chi connectivity index (χ2n) is 4.34. The highest BCUT2D eigenvalue weighted by molar-refractivity contribution is 7.12. The summed E-state index contributed by atoms with van der Waals surface area (Å²) in [5, 5.41) is 5.03. The van der Waals surface area contributed by atoms with E-state index < -0.39 is 0 Å². The summed E-state index contributed by atoms with van der Waals surface area (Å²) in [4.78, 5) is 16.9. The van der Waals surface area contributed by atoms with Crippen LogP contribution in [0, 0.1) is 0 Å². The van der Waals surface area contributed by atoms with E-state index in [9.17, 15) is 4.79 Å². The monoisotopic (exact) mass is 327 g/mol. The maximum atomic E-state index is 12.2. The summed E-state index contributed by atoms with van der Waals surface area (Å²) >= 11 is 1.52. The molecule has 1 rings (SSSR count). The van der Waals surface area contributed by atoms with Crippen molar-refractivity contribution in [2.45, 2.75) is 6.54 Å². The summed E-state index contributed by atoms with van der Waals surface area (Å²) in [6, 6.07) is 2.03. The van der Waals surface area contributed by atoms with Gasteiger partial charge in [0, 0.05) is 26.7 Å². The van der Waals surface area contributed by atoms with E-state index in [-0.39, 0.29) is 30.7 Å². The minimum Gasteiger partial charge on any atom is -0.340 e. The Kier molecular flexibility index (Phi) is 11.5. The lowest BCUT2D eigenvalue weighted by molar-refractivity contribution is 0.0800. The van der Waals surface area contributed by atoms with Crippen LogP contribution in [0.5, 0.6) is 0 Å². The molecule has 0 atom stereocenters. The van der Waals surface area contributed by atoms with E-state index in [0.717, 1.165) is 30.1 Å². The van der Waals surface area contributed by atoms with Crippen molar-refractivity contribution < 1.29 is 4.79 Å². The van der Waals surface area contributed by atoms with Gasteiger partial charge in [0.2, 0.25) is 0 Å². The Morgan fingerprint density at radius 1 is 1.32 bits per heavy atom. The fourth-order valence-corrected chi connectivity index (χ4v) is 2.45. The molecule has 0 radical (unpaired) electrons. The average molecular weight is 328 g/mol. The van der Waals surface area contributed by atoms with E-state index in [4.69, 9.17) is 0 Å².